The molecule has 26 heavy (non-hydrogen) atoms. The molecule has 1 N–H and O–H groups in total. The van der Waals surface area contributed by atoms with Crippen LogP contribution in [0.15, 0.2) is 42.5 Å². The molecule has 1 unspecified atom stereocenters. The van der Waals surface area contributed by atoms with E-state index in [0.717, 1.165) is 23.3 Å². The first kappa shape index (κ1) is 18.1. The molecule has 0 aliphatic heterocycles. The molecule has 138 valence electrons. The van der Waals surface area contributed by atoms with Gasteiger partial charge in [-0.25, -0.2) is 4.98 Å². The van der Waals surface area contributed by atoms with Crippen LogP contribution in [-0.4, -0.2) is 41.6 Å². The molecule has 1 heterocycles. The molecule has 6 nitrogen and oxygen atoms in total. The Kier molecular flexibility index (Phi) is 5.63. The third-order valence-corrected chi connectivity index (χ3v) is 4.21. The number of ether oxygens (including phenoxy) is 3. The first-order chi connectivity index (χ1) is 12.6. The monoisotopic (exact) mass is 356 g/mol. The zero-order valence-electron chi connectivity index (χ0n) is 15.3. The summed E-state index contributed by atoms with van der Waals surface area (Å²) in [4.78, 5) is 4.63. The predicted molar refractivity (Wildman–Crippen MR) is 100 cm³/mol. The molecule has 0 saturated heterocycles. The van der Waals surface area contributed by atoms with E-state index < -0.39 is 6.10 Å². The highest BCUT2D eigenvalue weighted by Gasteiger charge is 2.14. The van der Waals surface area contributed by atoms with Crippen molar-refractivity contribution in [1.29, 1.82) is 0 Å². The van der Waals surface area contributed by atoms with Crippen LogP contribution in [0.4, 0.5) is 0 Å². The van der Waals surface area contributed by atoms with Crippen molar-refractivity contribution >= 4 is 11.0 Å². The molecule has 0 spiro atoms. The molecule has 3 aromatic rings. The average molecular weight is 356 g/mol. The van der Waals surface area contributed by atoms with Crippen LogP contribution in [0.3, 0.4) is 0 Å². The Labute approximate surface area is 152 Å². The van der Waals surface area contributed by atoms with Gasteiger partial charge in [0.05, 0.1) is 31.8 Å². The maximum atomic E-state index is 10.5. The summed E-state index contributed by atoms with van der Waals surface area (Å²) >= 11 is 0. The van der Waals surface area contributed by atoms with E-state index in [2.05, 4.69) is 16.5 Å². The third-order valence-electron chi connectivity index (χ3n) is 4.21. The first-order valence-electron chi connectivity index (χ1n) is 8.62. The van der Waals surface area contributed by atoms with Gasteiger partial charge < -0.3 is 23.9 Å². The fraction of sp³-hybridized carbons (Fsp3) is 0.350. The predicted octanol–water partition coefficient (Wildman–Crippen LogP) is 3.06. The Morgan fingerprint density at radius 1 is 1.04 bits per heavy atom. The summed E-state index contributed by atoms with van der Waals surface area (Å²) in [6.45, 7) is 2.64. The molecule has 0 aliphatic carbocycles. The molecular formula is C20H24N2O4. The van der Waals surface area contributed by atoms with E-state index in [-0.39, 0.29) is 6.61 Å². The maximum absolute atomic E-state index is 10.5. The standard InChI is InChI=1S/C20H24N2O4/c1-4-20-21-18-7-5-6-8-19(18)22(20)12-14(23)13-26-17-10-15(24-2)9-16(11-17)25-3/h5-11,14,23H,4,12-13H2,1-3H3. The largest absolute Gasteiger partial charge is 0.496 e. The normalized spacial score (nSPS) is 12.2. The van der Waals surface area contributed by atoms with Gasteiger partial charge in [-0.3, -0.25) is 0 Å². The summed E-state index contributed by atoms with van der Waals surface area (Å²) in [5.41, 5.74) is 1.96. The molecule has 0 fully saturated rings. The van der Waals surface area contributed by atoms with Crippen molar-refractivity contribution in [2.75, 3.05) is 20.8 Å². The number of aliphatic hydroxyl groups excluding tert-OH is 1. The van der Waals surface area contributed by atoms with E-state index in [0.29, 0.717) is 23.8 Å². The molecule has 1 atom stereocenters. The average Bonchev–Trinajstić information content (AvgIpc) is 3.03. The number of aryl methyl sites for hydroxylation is 1. The van der Waals surface area contributed by atoms with Crippen molar-refractivity contribution in [2.45, 2.75) is 26.0 Å². The lowest BCUT2D eigenvalue weighted by molar-refractivity contribution is 0.0925. The van der Waals surface area contributed by atoms with Crippen molar-refractivity contribution in [2.24, 2.45) is 0 Å². The number of hydrogen-bond donors (Lipinski definition) is 1. The molecule has 6 heteroatoms. The van der Waals surface area contributed by atoms with Gasteiger partial charge in [-0.2, -0.15) is 0 Å². The second-order valence-electron chi connectivity index (χ2n) is 5.99. The lowest BCUT2D eigenvalue weighted by Gasteiger charge is -2.16. The van der Waals surface area contributed by atoms with Crippen LogP contribution in [0.2, 0.25) is 0 Å². The fourth-order valence-corrected chi connectivity index (χ4v) is 2.92. The quantitative estimate of drug-likeness (QED) is 0.672. The number of fused-ring (bicyclic) bond motifs is 1. The number of hydrogen-bond acceptors (Lipinski definition) is 5. The SMILES string of the molecule is CCc1nc2ccccc2n1CC(O)COc1cc(OC)cc(OC)c1. The van der Waals surface area contributed by atoms with Gasteiger partial charge in [-0.05, 0) is 12.1 Å². The number of para-hydroxylation sites is 2. The summed E-state index contributed by atoms with van der Waals surface area (Å²) < 4.78 is 18.3. The van der Waals surface area contributed by atoms with E-state index >= 15 is 0 Å². The van der Waals surface area contributed by atoms with Gasteiger partial charge in [0, 0.05) is 24.6 Å². The van der Waals surface area contributed by atoms with Crippen LogP contribution in [0.25, 0.3) is 11.0 Å². The Balaban J connectivity index is 1.71. The fourth-order valence-electron chi connectivity index (χ4n) is 2.92. The summed E-state index contributed by atoms with van der Waals surface area (Å²) in [7, 11) is 3.17. The van der Waals surface area contributed by atoms with E-state index in [9.17, 15) is 5.11 Å². The smallest absolute Gasteiger partial charge is 0.126 e. The number of rotatable bonds is 8. The number of methoxy groups -OCH3 is 2. The van der Waals surface area contributed by atoms with Gasteiger partial charge in [0.1, 0.15) is 35.8 Å². The highest BCUT2D eigenvalue weighted by atomic mass is 16.5. The zero-order valence-corrected chi connectivity index (χ0v) is 15.3. The summed E-state index contributed by atoms with van der Waals surface area (Å²) in [6, 6.07) is 13.2. The number of nitrogens with zero attached hydrogens (tertiary/aromatic N) is 2. The number of benzene rings is 2. The lowest BCUT2D eigenvalue weighted by atomic mass is 10.3. The van der Waals surface area contributed by atoms with Crippen LogP contribution in [0, 0.1) is 0 Å². The van der Waals surface area contributed by atoms with Crippen LogP contribution in [0.5, 0.6) is 17.2 Å². The molecule has 2 aromatic carbocycles. The van der Waals surface area contributed by atoms with Gasteiger partial charge in [0.15, 0.2) is 0 Å². The Morgan fingerprint density at radius 2 is 1.69 bits per heavy atom. The number of aliphatic hydroxyl groups is 1. The first-order valence-corrected chi connectivity index (χ1v) is 8.62. The summed E-state index contributed by atoms with van der Waals surface area (Å²) in [5, 5.41) is 10.5. The van der Waals surface area contributed by atoms with E-state index in [1.54, 1.807) is 32.4 Å². The molecule has 0 radical (unpaired) electrons. The Morgan fingerprint density at radius 3 is 2.35 bits per heavy atom. The molecule has 3 rings (SSSR count). The van der Waals surface area contributed by atoms with Gasteiger partial charge in [-0.1, -0.05) is 19.1 Å². The second kappa shape index (κ2) is 8.10. The van der Waals surface area contributed by atoms with Gasteiger partial charge in [0.2, 0.25) is 0 Å². The molecule has 0 amide bonds. The number of imidazole rings is 1. The minimum Gasteiger partial charge on any atom is -0.496 e. The van der Waals surface area contributed by atoms with Gasteiger partial charge in [0.25, 0.3) is 0 Å². The van der Waals surface area contributed by atoms with Crippen molar-refractivity contribution in [1.82, 2.24) is 9.55 Å². The van der Waals surface area contributed by atoms with E-state index in [1.807, 2.05) is 24.3 Å². The number of aromatic nitrogens is 2. The van der Waals surface area contributed by atoms with E-state index in [4.69, 9.17) is 14.2 Å². The van der Waals surface area contributed by atoms with Crippen LogP contribution >= 0.6 is 0 Å². The van der Waals surface area contributed by atoms with Crippen LogP contribution < -0.4 is 14.2 Å². The highest BCUT2D eigenvalue weighted by Crippen LogP contribution is 2.27. The van der Waals surface area contributed by atoms with Gasteiger partial charge >= 0.3 is 0 Å². The van der Waals surface area contributed by atoms with Gasteiger partial charge in [-0.15, -0.1) is 0 Å². The Bertz CT molecular complexity index is 853. The minimum atomic E-state index is -0.671. The Hall–Kier alpha value is -2.73. The molecule has 1 aromatic heterocycles. The molecule has 0 aliphatic rings. The topological polar surface area (TPSA) is 65.7 Å². The lowest BCUT2D eigenvalue weighted by Crippen LogP contribution is -2.24. The van der Waals surface area contributed by atoms with Crippen molar-refractivity contribution in [3.63, 3.8) is 0 Å². The van der Waals surface area contributed by atoms with Crippen molar-refractivity contribution in [3.05, 3.63) is 48.3 Å². The highest BCUT2D eigenvalue weighted by molar-refractivity contribution is 5.75. The van der Waals surface area contributed by atoms with Crippen molar-refractivity contribution < 1.29 is 19.3 Å². The summed E-state index contributed by atoms with van der Waals surface area (Å²) in [5.74, 6) is 2.82. The molecular weight excluding hydrogens is 332 g/mol. The third kappa shape index (κ3) is 3.91. The van der Waals surface area contributed by atoms with E-state index in [1.165, 1.54) is 0 Å². The molecule has 0 bridgehead atoms. The molecule has 0 saturated carbocycles. The van der Waals surface area contributed by atoms with Crippen molar-refractivity contribution in [3.8, 4) is 17.2 Å². The van der Waals surface area contributed by atoms with Crippen LogP contribution in [0.1, 0.15) is 12.7 Å². The van der Waals surface area contributed by atoms with Crippen LogP contribution in [-0.2, 0) is 13.0 Å². The zero-order chi connectivity index (χ0) is 18.5. The second-order valence-corrected chi connectivity index (χ2v) is 5.99. The minimum absolute atomic E-state index is 0.159. The maximum Gasteiger partial charge on any atom is 0.126 e. The summed E-state index contributed by atoms with van der Waals surface area (Å²) in [6.07, 6.45) is 0.130.